The van der Waals surface area contributed by atoms with Crippen LogP contribution < -0.4 is 0 Å². The maximum Gasteiger partial charge on any atom is 0.416 e. The summed E-state index contributed by atoms with van der Waals surface area (Å²) >= 11 is 0. The van der Waals surface area contributed by atoms with Gasteiger partial charge in [-0.15, -0.1) is 0 Å². The zero-order valence-corrected chi connectivity index (χ0v) is 11.9. The van der Waals surface area contributed by atoms with Crippen LogP contribution in [-0.2, 0) is 6.18 Å². The molecule has 0 aliphatic carbocycles. The van der Waals surface area contributed by atoms with E-state index in [1.54, 1.807) is 0 Å². The van der Waals surface area contributed by atoms with Gasteiger partial charge >= 0.3 is 6.18 Å². The highest BCUT2D eigenvalue weighted by Gasteiger charge is 2.31. The predicted molar refractivity (Wildman–Crippen MR) is 74.3 cm³/mol. The SMILES string of the molecule is CCC/C=C(\CCC)C(O)c1cccc(C(F)(F)F)c1. The first kappa shape index (κ1) is 16.8. The summed E-state index contributed by atoms with van der Waals surface area (Å²) in [6.45, 7) is 4.01. The molecule has 20 heavy (non-hydrogen) atoms. The lowest BCUT2D eigenvalue weighted by Crippen LogP contribution is -2.08. The fourth-order valence-electron chi connectivity index (χ4n) is 2.07. The average molecular weight is 286 g/mol. The van der Waals surface area contributed by atoms with Gasteiger partial charge in [0.15, 0.2) is 0 Å². The van der Waals surface area contributed by atoms with Gasteiger partial charge in [-0.1, -0.05) is 44.9 Å². The van der Waals surface area contributed by atoms with Gasteiger partial charge in [-0.2, -0.15) is 13.2 Å². The molecule has 0 saturated carbocycles. The normalized spacial score (nSPS) is 14.4. The molecular weight excluding hydrogens is 265 g/mol. The molecule has 0 aliphatic rings. The van der Waals surface area contributed by atoms with Crippen LogP contribution in [0.4, 0.5) is 13.2 Å². The molecule has 0 radical (unpaired) electrons. The van der Waals surface area contributed by atoms with Crippen molar-refractivity contribution >= 4 is 0 Å². The van der Waals surface area contributed by atoms with Gasteiger partial charge in [-0.25, -0.2) is 0 Å². The van der Waals surface area contributed by atoms with E-state index >= 15 is 0 Å². The van der Waals surface area contributed by atoms with Gasteiger partial charge in [0.2, 0.25) is 0 Å². The van der Waals surface area contributed by atoms with Crippen molar-refractivity contribution < 1.29 is 18.3 Å². The summed E-state index contributed by atoms with van der Waals surface area (Å²) in [6.07, 6.45) is -0.0807. The summed E-state index contributed by atoms with van der Waals surface area (Å²) in [5.74, 6) is 0. The molecule has 1 aromatic carbocycles. The maximum atomic E-state index is 12.7. The lowest BCUT2D eigenvalue weighted by Gasteiger charge is -2.17. The third-order valence-electron chi connectivity index (χ3n) is 3.11. The molecule has 1 N–H and O–H groups in total. The van der Waals surface area contributed by atoms with E-state index in [0.29, 0.717) is 12.0 Å². The third-order valence-corrected chi connectivity index (χ3v) is 3.11. The largest absolute Gasteiger partial charge is 0.416 e. The van der Waals surface area contributed by atoms with Crippen LogP contribution in [0, 0.1) is 0 Å². The summed E-state index contributed by atoms with van der Waals surface area (Å²) in [7, 11) is 0. The van der Waals surface area contributed by atoms with Crippen LogP contribution >= 0.6 is 0 Å². The number of hydrogen-bond donors (Lipinski definition) is 1. The highest BCUT2D eigenvalue weighted by Crippen LogP contribution is 2.33. The van der Waals surface area contributed by atoms with Crippen LogP contribution in [0.25, 0.3) is 0 Å². The zero-order valence-electron chi connectivity index (χ0n) is 11.9. The number of hydrogen-bond acceptors (Lipinski definition) is 1. The van der Waals surface area contributed by atoms with E-state index in [9.17, 15) is 18.3 Å². The standard InChI is InChI=1S/C16H21F3O/c1-3-5-8-12(7-4-2)15(20)13-9-6-10-14(11-13)16(17,18)19/h6,8-11,15,20H,3-5,7H2,1-2H3/b12-8+. The number of halogens is 3. The Hall–Kier alpha value is -1.29. The maximum absolute atomic E-state index is 12.7. The Morgan fingerprint density at radius 1 is 1.25 bits per heavy atom. The molecular formula is C16H21F3O. The summed E-state index contributed by atoms with van der Waals surface area (Å²) in [6, 6.07) is 4.92. The molecule has 0 aromatic heterocycles. The molecule has 1 nitrogen and oxygen atoms in total. The van der Waals surface area contributed by atoms with Crippen molar-refractivity contribution in [1.29, 1.82) is 0 Å². The molecule has 0 bridgehead atoms. The van der Waals surface area contributed by atoms with E-state index in [-0.39, 0.29) is 0 Å². The molecule has 4 heteroatoms. The van der Waals surface area contributed by atoms with E-state index in [2.05, 4.69) is 0 Å². The zero-order chi connectivity index (χ0) is 15.2. The average Bonchev–Trinajstić information content (AvgIpc) is 2.42. The van der Waals surface area contributed by atoms with E-state index in [4.69, 9.17) is 0 Å². The van der Waals surface area contributed by atoms with Crippen molar-refractivity contribution in [1.82, 2.24) is 0 Å². The van der Waals surface area contributed by atoms with Crippen LogP contribution in [0.1, 0.15) is 56.8 Å². The smallest absolute Gasteiger partial charge is 0.384 e. The van der Waals surface area contributed by atoms with Gasteiger partial charge < -0.3 is 5.11 Å². The van der Waals surface area contributed by atoms with Crippen molar-refractivity contribution in [2.45, 2.75) is 51.8 Å². The molecule has 0 amide bonds. The minimum atomic E-state index is -4.38. The quantitative estimate of drug-likeness (QED) is 0.707. The Bertz CT molecular complexity index is 449. The second-order valence-corrected chi connectivity index (χ2v) is 4.84. The number of rotatable bonds is 6. The third kappa shape index (κ3) is 4.67. The van der Waals surface area contributed by atoms with Gasteiger partial charge in [-0.3, -0.25) is 0 Å². The molecule has 112 valence electrons. The Morgan fingerprint density at radius 2 is 1.95 bits per heavy atom. The fourth-order valence-corrected chi connectivity index (χ4v) is 2.07. The number of benzene rings is 1. The molecule has 0 heterocycles. The summed E-state index contributed by atoms with van der Waals surface area (Å²) in [5, 5.41) is 10.3. The first-order valence-corrected chi connectivity index (χ1v) is 6.94. The molecule has 0 aliphatic heterocycles. The molecule has 1 rings (SSSR count). The second-order valence-electron chi connectivity index (χ2n) is 4.84. The summed E-state index contributed by atoms with van der Waals surface area (Å²) in [5.41, 5.74) is 0.379. The van der Waals surface area contributed by atoms with Crippen LogP contribution in [0.15, 0.2) is 35.9 Å². The monoisotopic (exact) mass is 286 g/mol. The van der Waals surface area contributed by atoms with Crippen molar-refractivity contribution in [2.75, 3.05) is 0 Å². The predicted octanol–water partition coefficient (Wildman–Crippen LogP) is 5.27. The first-order chi connectivity index (χ1) is 9.40. The van der Waals surface area contributed by atoms with Gasteiger partial charge in [-0.05, 0) is 36.1 Å². The van der Waals surface area contributed by atoms with E-state index in [0.717, 1.165) is 37.0 Å². The Morgan fingerprint density at radius 3 is 2.50 bits per heavy atom. The summed E-state index contributed by atoms with van der Waals surface area (Å²) < 4.78 is 38.1. The minimum absolute atomic E-state index is 0.302. The fraction of sp³-hybridized carbons (Fsp3) is 0.500. The number of allylic oxidation sites excluding steroid dienone is 1. The Balaban J connectivity index is 3.02. The molecule has 1 aromatic rings. The minimum Gasteiger partial charge on any atom is -0.384 e. The molecule has 0 saturated heterocycles. The number of unbranched alkanes of at least 4 members (excludes halogenated alkanes) is 1. The number of aliphatic hydroxyl groups is 1. The first-order valence-electron chi connectivity index (χ1n) is 6.94. The van der Waals surface area contributed by atoms with Crippen molar-refractivity contribution in [3.63, 3.8) is 0 Å². The van der Waals surface area contributed by atoms with Crippen LogP contribution in [-0.4, -0.2) is 5.11 Å². The summed E-state index contributed by atoms with van der Waals surface area (Å²) in [4.78, 5) is 0. The van der Waals surface area contributed by atoms with Crippen LogP contribution in [0.5, 0.6) is 0 Å². The molecule has 1 atom stereocenters. The van der Waals surface area contributed by atoms with Crippen molar-refractivity contribution in [2.24, 2.45) is 0 Å². The van der Waals surface area contributed by atoms with E-state index in [1.807, 2.05) is 19.9 Å². The van der Waals surface area contributed by atoms with E-state index in [1.165, 1.54) is 12.1 Å². The van der Waals surface area contributed by atoms with Gasteiger partial charge in [0.25, 0.3) is 0 Å². The Labute approximate surface area is 118 Å². The highest BCUT2D eigenvalue weighted by atomic mass is 19.4. The van der Waals surface area contributed by atoms with Gasteiger partial charge in [0.05, 0.1) is 5.56 Å². The molecule has 1 unspecified atom stereocenters. The Kier molecular flexibility index (Phi) is 6.27. The highest BCUT2D eigenvalue weighted by molar-refractivity contribution is 5.31. The lowest BCUT2D eigenvalue weighted by molar-refractivity contribution is -0.137. The van der Waals surface area contributed by atoms with E-state index < -0.39 is 17.8 Å². The lowest BCUT2D eigenvalue weighted by atomic mass is 9.95. The number of aliphatic hydroxyl groups excluding tert-OH is 1. The van der Waals surface area contributed by atoms with Crippen molar-refractivity contribution in [3.8, 4) is 0 Å². The number of alkyl halides is 3. The van der Waals surface area contributed by atoms with Crippen LogP contribution in [0.3, 0.4) is 0 Å². The second kappa shape index (κ2) is 7.48. The molecule has 0 fully saturated rings. The molecule has 0 spiro atoms. The van der Waals surface area contributed by atoms with Gasteiger partial charge in [0, 0.05) is 0 Å². The topological polar surface area (TPSA) is 20.2 Å². The van der Waals surface area contributed by atoms with Crippen LogP contribution in [0.2, 0.25) is 0 Å². The van der Waals surface area contributed by atoms with Crippen molar-refractivity contribution in [3.05, 3.63) is 47.0 Å². The van der Waals surface area contributed by atoms with Gasteiger partial charge in [0.1, 0.15) is 6.10 Å².